The molecule has 0 bridgehead atoms. The zero-order valence-electron chi connectivity index (χ0n) is 6.87. The Bertz CT molecular complexity index is 151. The summed E-state index contributed by atoms with van der Waals surface area (Å²) >= 11 is 0. The maximum absolute atomic E-state index is 9.91. The van der Waals surface area contributed by atoms with Gasteiger partial charge >= 0.3 is 12.2 Å². The summed E-state index contributed by atoms with van der Waals surface area (Å²) in [5, 5.41) is 4.92. The Kier molecular flexibility index (Phi) is 5.79. The molecule has 0 aromatic rings. The number of amides is 2. The number of hydrogen-bond donors (Lipinski definition) is 2. The summed E-state index contributed by atoms with van der Waals surface area (Å²) in [6, 6.07) is 0. The first-order valence-electron chi connectivity index (χ1n) is 3.60. The lowest BCUT2D eigenvalue weighted by Crippen LogP contribution is -2.11. The van der Waals surface area contributed by atoms with E-state index >= 15 is 0 Å². The van der Waals surface area contributed by atoms with Gasteiger partial charge in [-0.15, -0.1) is 12.4 Å². The second-order valence-corrected chi connectivity index (χ2v) is 2.13. The number of carbonyl (C=O) groups excluding carboxylic acids is 2. The van der Waals surface area contributed by atoms with Gasteiger partial charge in [0, 0.05) is 0 Å². The van der Waals surface area contributed by atoms with Crippen molar-refractivity contribution in [1.29, 1.82) is 0 Å². The molecule has 2 aliphatic rings. The summed E-state index contributed by atoms with van der Waals surface area (Å²) < 4.78 is 8.81. The van der Waals surface area contributed by atoms with E-state index in [1.807, 2.05) is 0 Å². The molecule has 0 atom stereocenters. The SMILES string of the molecule is Cl.O=C1NCCO1.O=C1NCCO1. The number of hydrogen-bond acceptors (Lipinski definition) is 4. The number of halogens is 1. The highest BCUT2D eigenvalue weighted by molar-refractivity contribution is 5.85. The highest BCUT2D eigenvalue weighted by Crippen LogP contribution is 1.82. The van der Waals surface area contributed by atoms with E-state index in [0.29, 0.717) is 26.3 Å². The molecule has 0 spiro atoms. The fourth-order valence-electron chi connectivity index (χ4n) is 0.696. The van der Waals surface area contributed by atoms with Crippen molar-refractivity contribution >= 4 is 24.6 Å². The van der Waals surface area contributed by atoms with Crippen molar-refractivity contribution in [3.8, 4) is 0 Å². The molecule has 7 heteroatoms. The monoisotopic (exact) mass is 210 g/mol. The van der Waals surface area contributed by atoms with E-state index in [4.69, 9.17) is 0 Å². The number of cyclic esters (lactones) is 2. The van der Waals surface area contributed by atoms with Crippen LogP contribution in [0.25, 0.3) is 0 Å². The summed E-state index contributed by atoms with van der Waals surface area (Å²) in [6.45, 7) is 2.38. The van der Waals surface area contributed by atoms with E-state index in [1.165, 1.54) is 0 Å². The van der Waals surface area contributed by atoms with Crippen molar-refractivity contribution in [1.82, 2.24) is 10.6 Å². The molecule has 0 radical (unpaired) electrons. The topological polar surface area (TPSA) is 76.7 Å². The molecule has 2 rings (SSSR count). The van der Waals surface area contributed by atoms with Crippen LogP contribution in [0.1, 0.15) is 0 Å². The number of ether oxygens (including phenoxy) is 2. The normalized spacial score (nSPS) is 18.2. The van der Waals surface area contributed by atoms with Crippen molar-refractivity contribution in [2.45, 2.75) is 0 Å². The minimum Gasteiger partial charge on any atom is -0.448 e. The standard InChI is InChI=1S/2C3H5NO2.ClH/c2*5-3-4-1-2-6-3;/h2*1-2H2,(H,4,5);1H. The molecular weight excluding hydrogens is 200 g/mol. The lowest BCUT2D eigenvalue weighted by molar-refractivity contribution is 0.177. The molecule has 2 saturated heterocycles. The lowest BCUT2D eigenvalue weighted by Gasteiger charge is -1.80. The minimum absolute atomic E-state index is 0. The van der Waals surface area contributed by atoms with Gasteiger partial charge in [0.25, 0.3) is 0 Å². The first kappa shape index (κ1) is 11.8. The molecule has 0 unspecified atom stereocenters. The van der Waals surface area contributed by atoms with Gasteiger partial charge in [0.15, 0.2) is 0 Å². The van der Waals surface area contributed by atoms with Gasteiger partial charge in [-0.3, -0.25) is 0 Å². The van der Waals surface area contributed by atoms with Gasteiger partial charge in [0.2, 0.25) is 0 Å². The van der Waals surface area contributed by atoms with Crippen molar-refractivity contribution < 1.29 is 19.1 Å². The molecule has 2 aliphatic heterocycles. The van der Waals surface area contributed by atoms with E-state index in [9.17, 15) is 9.59 Å². The molecule has 2 fully saturated rings. The average Bonchev–Trinajstić information content (AvgIpc) is 2.63. The Morgan fingerprint density at radius 1 is 0.923 bits per heavy atom. The van der Waals surface area contributed by atoms with Crippen LogP contribution in [0.4, 0.5) is 9.59 Å². The Balaban J connectivity index is 0.000000206. The minimum atomic E-state index is -0.296. The highest BCUT2D eigenvalue weighted by atomic mass is 35.5. The third kappa shape index (κ3) is 5.13. The van der Waals surface area contributed by atoms with E-state index < -0.39 is 0 Å². The Morgan fingerprint density at radius 3 is 1.38 bits per heavy atom. The second-order valence-electron chi connectivity index (χ2n) is 2.13. The molecular formula is C6H11ClN2O4. The number of nitrogens with one attached hydrogen (secondary N) is 2. The number of rotatable bonds is 0. The number of alkyl carbamates (subject to hydrolysis) is 2. The molecule has 0 aliphatic carbocycles. The van der Waals surface area contributed by atoms with E-state index in [0.717, 1.165) is 0 Å². The summed E-state index contributed by atoms with van der Waals surface area (Å²) in [5.74, 6) is 0. The summed E-state index contributed by atoms with van der Waals surface area (Å²) in [6.07, 6.45) is -0.593. The average molecular weight is 211 g/mol. The van der Waals surface area contributed by atoms with Gasteiger partial charge in [0.05, 0.1) is 13.1 Å². The first-order chi connectivity index (χ1) is 5.79. The van der Waals surface area contributed by atoms with Crippen molar-refractivity contribution in [3.05, 3.63) is 0 Å². The predicted octanol–water partition coefficient (Wildman–Crippen LogP) is -0.126. The van der Waals surface area contributed by atoms with Crippen LogP contribution in [0.15, 0.2) is 0 Å². The number of carbonyl (C=O) groups is 2. The summed E-state index contributed by atoms with van der Waals surface area (Å²) in [5.41, 5.74) is 0. The molecule has 2 amide bonds. The van der Waals surface area contributed by atoms with Crippen molar-refractivity contribution in [3.63, 3.8) is 0 Å². The van der Waals surface area contributed by atoms with Gasteiger partial charge in [-0.25, -0.2) is 9.59 Å². The largest absolute Gasteiger partial charge is 0.448 e. The molecule has 0 aromatic carbocycles. The fraction of sp³-hybridized carbons (Fsp3) is 0.667. The van der Waals surface area contributed by atoms with E-state index in [2.05, 4.69) is 20.1 Å². The Labute approximate surface area is 81.4 Å². The fourth-order valence-corrected chi connectivity index (χ4v) is 0.696. The van der Waals surface area contributed by atoms with Gasteiger partial charge in [0.1, 0.15) is 13.2 Å². The zero-order valence-corrected chi connectivity index (χ0v) is 7.69. The molecule has 2 heterocycles. The van der Waals surface area contributed by atoms with Crippen LogP contribution >= 0.6 is 12.4 Å². The van der Waals surface area contributed by atoms with Crippen LogP contribution in [0.2, 0.25) is 0 Å². The zero-order chi connectivity index (χ0) is 8.81. The third-order valence-corrected chi connectivity index (χ3v) is 1.21. The van der Waals surface area contributed by atoms with E-state index in [-0.39, 0.29) is 24.6 Å². The first-order valence-corrected chi connectivity index (χ1v) is 3.60. The van der Waals surface area contributed by atoms with Gasteiger partial charge in [-0.2, -0.15) is 0 Å². The molecule has 6 nitrogen and oxygen atoms in total. The lowest BCUT2D eigenvalue weighted by atomic mass is 10.7. The Morgan fingerprint density at radius 2 is 1.31 bits per heavy atom. The van der Waals surface area contributed by atoms with Crippen LogP contribution in [0.5, 0.6) is 0 Å². The van der Waals surface area contributed by atoms with Gasteiger partial charge in [-0.05, 0) is 0 Å². The van der Waals surface area contributed by atoms with Crippen molar-refractivity contribution in [2.75, 3.05) is 26.3 Å². The van der Waals surface area contributed by atoms with Gasteiger partial charge < -0.3 is 20.1 Å². The van der Waals surface area contributed by atoms with Crippen LogP contribution < -0.4 is 10.6 Å². The maximum Gasteiger partial charge on any atom is 0.407 e. The maximum atomic E-state index is 9.91. The van der Waals surface area contributed by atoms with Crippen molar-refractivity contribution in [2.24, 2.45) is 0 Å². The molecule has 13 heavy (non-hydrogen) atoms. The van der Waals surface area contributed by atoms with Crippen LogP contribution in [-0.4, -0.2) is 38.5 Å². The van der Waals surface area contributed by atoms with E-state index in [1.54, 1.807) is 0 Å². The van der Waals surface area contributed by atoms with Gasteiger partial charge in [-0.1, -0.05) is 0 Å². The second kappa shape index (κ2) is 6.36. The molecule has 0 saturated carbocycles. The molecule has 76 valence electrons. The third-order valence-electron chi connectivity index (χ3n) is 1.21. The molecule has 0 aromatic heterocycles. The Hall–Kier alpha value is -1.17. The van der Waals surface area contributed by atoms with Crippen LogP contribution in [0.3, 0.4) is 0 Å². The summed E-state index contributed by atoms with van der Waals surface area (Å²) in [4.78, 5) is 19.8. The van der Waals surface area contributed by atoms with Crippen LogP contribution in [0, 0.1) is 0 Å². The predicted molar refractivity (Wildman–Crippen MR) is 45.9 cm³/mol. The summed E-state index contributed by atoms with van der Waals surface area (Å²) in [7, 11) is 0. The van der Waals surface area contributed by atoms with Crippen LogP contribution in [-0.2, 0) is 9.47 Å². The highest BCUT2D eigenvalue weighted by Gasteiger charge is 2.06. The smallest absolute Gasteiger partial charge is 0.407 e. The molecule has 2 N–H and O–H groups in total. The quantitative estimate of drug-likeness (QED) is 0.584.